The van der Waals surface area contributed by atoms with Gasteiger partial charge < -0.3 is 14.6 Å². The number of ether oxygens (including phenoxy) is 1. The first-order valence-electron chi connectivity index (χ1n) is 6.56. The zero-order valence-corrected chi connectivity index (χ0v) is 12.4. The number of rotatable bonds is 1. The van der Waals surface area contributed by atoms with Gasteiger partial charge in [-0.3, -0.25) is 14.9 Å². The van der Waals surface area contributed by atoms with E-state index >= 15 is 0 Å². The molecule has 4 rings (SSSR count). The van der Waals surface area contributed by atoms with E-state index in [1.54, 1.807) is 10.6 Å². The molecule has 0 radical (unpaired) electrons. The van der Waals surface area contributed by atoms with E-state index in [1.165, 1.54) is 0 Å². The zero-order chi connectivity index (χ0) is 14.8. The summed E-state index contributed by atoms with van der Waals surface area (Å²) in [6.07, 6.45) is 1.49. The van der Waals surface area contributed by atoms with E-state index in [-0.39, 0.29) is 11.6 Å². The predicted molar refractivity (Wildman–Crippen MR) is 80.7 cm³/mol. The topological polar surface area (TPSA) is 85.2 Å². The molecule has 108 valence electrons. The summed E-state index contributed by atoms with van der Waals surface area (Å²) in [4.78, 5) is 27.5. The summed E-state index contributed by atoms with van der Waals surface area (Å²) < 4.78 is 7.63. The minimum absolute atomic E-state index is 0.0937. The van der Waals surface area contributed by atoms with Crippen LogP contribution in [0.15, 0.2) is 12.1 Å². The molecule has 2 N–H and O–H groups in total. The summed E-state index contributed by atoms with van der Waals surface area (Å²) in [5, 5.41) is 5.51. The fourth-order valence-corrected chi connectivity index (χ4v) is 2.69. The minimum Gasteiger partial charge on any atom is -0.475 e. The largest absolute Gasteiger partial charge is 0.475 e. The molecule has 1 atom stereocenters. The van der Waals surface area contributed by atoms with Crippen molar-refractivity contribution in [2.45, 2.75) is 18.4 Å². The van der Waals surface area contributed by atoms with E-state index in [0.717, 1.165) is 18.4 Å². The van der Waals surface area contributed by atoms with Gasteiger partial charge in [-0.05, 0) is 15.3 Å². The molecular weight excluding hydrogens is 291 g/mol. The number of amides is 2. The van der Waals surface area contributed by atoms with Crippen LogP contribution in [0.25, 0.3) is 11.0 Å². The summed E-state index contributed by atoms with van der Waals surface area (Å²) in [6, 6.07) is 3.60. The number of anilines is 2. The summed E-state index contributed by atoms with van der Waals surface area (Å²) in [5.41, 5.74) is 1.19. The van der Waals surface area contributed by atoms with Crippen LogP contribution in [0.1, 0.15) is 12.8 Å². The van der Waals surface area contributed by atoms with E-state index in [1.807, 2.05) is 22.4 Å². The molecule has 2 amide bonds. The molecule has 0 bridgehead atoms. The van der Waals surface area contributed by atoms with Crippen LogP contribution in [-0.2, 0) is 11.8 Å². The van der Waals surface area contributed by atoms with Crippen LogP contribution in [0.4, 0.5) is 16.4 Å². The molecular formula is C13H13N4O3P. The summed E-state index contributed by atoms with van der Waals surface area (Å²) in [7, 11) is 3.86. The van der Waals surface area contributed by atoms with Gasteiger partial charge in [-0.15, -0.1) is 0 Å². The monoisotopic (exact) mass is 304 g/mol. The number of nitrogens with zero attached hydrogens (tertiary/aromatic N) is 2. The van der Waals surface area contributed by atoms with Crippen LogP contribution in [0.3, 0.4) is 0 Å². The van der Waals surface area contributed by atoms with Crippen molar-refractivity contribution in [1.29, 1.82) is 0 Å². The Morgan fingerprint density at radius 3 is 2.95 bits per heavy atom. The fourth-order valence-electron chi connectivity index (χ4n) is 2.56. The SMILES string of the molecule is Cn1c(NC(=O)P)nc2cc3c(cc21)OC1(CC1)C(=O)N3. The molecule has 1 aliphatic heterocycles. The molecule has 2 heterocycles. The van der Waals surface area contributed by atoms with Gasteiger partial charge in [-0.25, -0.2) is 4.98 Å². The Morgan fingerprint density at radius 1 is 1.52 bits per heavy atom. The second-order valence-electron chi connectivity index (χ2n) is 5.37. The number of benzene rings is 1. The molecule has 1 aliphatic carbocycles. The third-order valence-electron chi connectivity index (χ3n) is 3.89. The average molecular weight is 304 g/mol. The number of imidazole rings is 1. The van der Waals surface area contributed by atoms with Crippen molar-refractivity contribution in [3.63, 3.8) is 0 Å². The van der Waals surface area contributed by atoms with Crippen LogP contribution >= 0.6 is 9.24 Å². The first-order chi connectivity index (χ1) is 9.98. The van der Waals surface area contributed by atoms with Gasteiger partial charge in [0.05, 0.1) is 16.7 Å². The standard InChI is InChI=1S/C13H13N4O3P/c1-17-8-5-9-7(14-10(18)13(20-9)2-3-13)4-6(8)15-11(17)16-12(19)21/h4-5H,2-3,21H2,1H3,(H,14,18)(H,15,16,19). The van der Waals surface area contributed by atoms with Gasteiger partial charge in [-0.1, -0.05) is 0 Å². The number of hydrogen-bond acceptors (Lipinski definition) is 4. The van der Waals surface area contributed by atoms with Gasteiger partial charge in [-0.2, -0.15) is 0 Å². The lowest BCUT2D eigenvalue weighted by Gasteiger charge is -2.25. The number of aromatic nitrogens is 2. The first-order valence-corrected chi connectivity index (χ1v) is 7.14. The van der Waals surface area contributed by atoms with Crippen molar-refractivity contribution >= 4 is 43.5 Å². The number of carbonyl (C=O) groups excluding carboxylic acids is 2. The Balaban J connectivity index is 1.84. The van der Waals surface area contributed by atoms with E-state index in [2.05, 4.69) is 15.6 Å². The highest BCUT2D eigenvalue weighted by atomic mass is 31.0. The molecule has 1 spiro atoms. The number of aryl methyl sites for hydroxylation is 1. The molecule has 2 aromatic rings. The zero-order valence-electron chi connectivity index (χ0n) is 11.3. The fraction of sp³-hybridized carbons (Fsp3) is 0.308. The van der Waals surface area contributed by atoms with Crippen LogP contribution in [-0.4, -0.2) is 26.7 Å². The van der Waals surface area contributed by atoms with Crippen molar-refractivity contribution in [2.75, 3.05) is 10.6 Å². The van der Waals surface area contributed by atoms with Crippen molar-refractivity contribution in [2.24, 2.45) is 7.05 Å². The van der Waals surface area contributed by atoms with Crippen molar-refractivity contribution in [1.82, 2.24) is 9.55 Å². The molecule has 0 saturated heterocycles. The lowest BCUT2D eigenvalue weighted by atomic mass is 10.2. The summed E-state index contributed by atoms with van der Waals surface area (Å²) in [6.45, 7) is 0. The lowest BCUT2D eigenvalue weighted by molar-refractivity contribution is -0.125. The Kier molecular flexibility index (Phi) is 2.37. The molecule has 21 heavy (non-hydrogen) atoms. The molecule has 2 aliphatic rings. The smallest absolute Gasteiger partial charge is 0.268 e. The van der Waals surface area contributed by atoms with Gasteiger partial charge in [0.15, 0.2) is 5.60 Å². The number of hydrogen-bond donors (Lipinski definition) is 2. The highest BCUT2D eigenvalue weighted by molar-refractivity contribution is 7.40. The van der Waals surface area contributed by atoms with Crippen LogP contribution in [0, 0.1) is 0 Å². The third-order valence-corrected chi connectivity index (χ3v) is 4.03. The van der Waals surface area contributed by atoms with E-state index in [0.29, 0.717) is 22.9 Å². The quantitative estimate of drug-likeness (QED) is 0.787. The highest BCUT2D eigenvalue weighted by Gasteiger charge is 2.55. The Morgan fingerprint density at radius 2 is 2.29 bits per heavy atom. The molecule has 1 fully saturated rings. The normalized spacial score (nSPS) is 18.1. The number of carbonyl (C=O) groups is 2. The maximum Gasteiger partial charge on any atom is 0.268 e. The van der Waals surface area contributed by atoms with Gasteiger partial charge >= 0.3 is 0 Å². The summed E-state index contributed by atoms with van der Waals surface area (Å²) in [5.74, 6) is 0.995. The van der Waals surface area contributed by atoms with Crippen molar-refractivity contribution < 1.29 is 14.3 Å². The molecule has 7 nitrogen and oxygen atoms in total. The van der Waals surface area contributed by atoms with Gasteiger partial charge in [0, 0.05) is 26.0 Å². The maximum absolute atomic E-state index is 12.0. The second-order valence-corrected chi connectivity index (χ2v) is 5.90. The van der Waals surface area contributed by atoms with Crippen molar-refractivity contribution in [3.05, 3.63) is 12.1 Å². The molecule has 1 aromatic heterocycles. The molecule has 1 unspecified atom stereocenters. The van der Waals surface area contributed by atoms with E-state index < -0.39 is 5.60 Å². The second kappa shape index (κ2) is 3.95. The van der Waals surface area contributed by atoms with Gasteiger partial charge in [0.2, 0.25) is 11.6 Å². The minimum atomic E-state index is -0.670. The van der Waals surface area contributed by atoms with Crippen LogP contribution < -0.4 is 15.4 Å². The average Bonchev–Trinajstić information content (AvgIpc) is 3.13. The van der Waals surface area contributed by atoms with Gasteiger partial charge in [0.25, 0.3) is 5.91 Å². The Bertz CT molecular complexity index is 809. The first kappa shape index (κ1) is 12.6. The van der Waals surface area contributed by atoms with Crippen molar-refractivity contribution in [3.8, 4) is 5.75 Å². The van der Waals surface area contributed by atoms with Crippen LogP contribution in [0.5, 0.6) is 5.75 Å². The van der Waals surface area contributed by atoms with E-state index in [4.69, 9.17) is 4.74 Å². The third kappa shape index (κ3) is 1.81. The molecule has 1 aromatic carbocycles. The molecule has 1 saturated carbocycles. The Hall–Kier alpha value is -2.14. The summed E-state index contributed by atoms with van der Waals surface area (Å²) >= 11 is 0. The van der Waals surface area contributed by atoms with Gasteiger partial charge in [0.1, 0.15) is 5.75 Å². The van der Waals surface area contributed by atoms with Crippen LogP contribution in [0.2, 0.25) is 0 Å². The molecule has 8 heteroatoms. The lowest BCUT2D eigenvalue weighted by Crippen LogP contribution is -2.38. The highest BCUT2D eigenvalue weighted by Crippen LogP contribution is 2.47. The number of fused-ring (bicyclic) bond motifs is 2. The maximum atomic E-state index is 12.0. The predicted octanol–water partition coefficient (Wildman–Crippen LogP) is 1.84. The Labute approximate surface area is 122 Å². The van der Waals surface area contributed by atoms with E-state index in [9.17, 15) is 9.59 Å². The number of nitrogens with one attached hydrogen (secondary N) is 2.